The van der Waals surface area contributed by atoms with Crippen molar-refractivity contribution >= 4 is 39.5 Å². The largest absolute Gasteiger partial charge is 0.472 e. The van der Waals surface area contributed by atoms with Crippen LogP contribution in [0.2, 0.25) is 0 Å². The summed E-state index contributed by atoms with van der Waals surface area (Å²) in [6, 6.07) is 0. The van der Waals surface area contributed by atoms with Crippen LogP contribution < -0.4 is 0 Å². The van der Waals surface area contributed by atoms with Crippen LogP contribution in [0.25, 0.3) is 0 Å². The summed E-state index contributed by atoms with van der Waals surface area (Å²) in [5.41, 5.74) is 0. The molecule has 528 valence electrons. The van der Waals surface area contributed by atoms with Gasteiger partial charge in [-0.3, -0.25) is 37.3 Å². The minimum Gasteiger partial charge on any atom is -0.462 e. The van der Waals surface area contributed by atoms with Crippen LogP contribution >= 0.6 is 15.6 Å². The van der Waals surface area contributed by atoms with Crippen LogP contribution in [0.15, 0.2) is 0 Å². The lowest BCUT2D eigenvalue weighted by molar-refractivity contribution is -0.161. The first-order valence-electron chi connectivity index (χ1n) is 36.8. The topological polar surface area (TPSA) is 237 Å². The van der Waals surface area contributed by atoms with Gasteiger partial charge in [0.25, 0.3) is 0 Å². The lowest BCUT2D eigenvalue weighted by atomic mass is 10.0. The second-order valence-electron chi connectivity index (χ2n) is 25.3. The highest BCUT2D eigenvalue weighted by Gasteiger charge is 2.30. The van der Waals surface area contributed by atoms with E-state index < -0.39 is 97.5 Å². The molecular weight excluding hydrogens is 1170 g/mol. The number of unbranched alkanes of at least 4 members (excludes halogenated alkanes) is 45. The molecule has 0 aromatic heterocycles. The second-order valence-corrected chi connectivity index (χ2v) is 28.2. The number of hydrogen-bond donors (Lipinski definition) is 3. The smallest absolute Gasteiger partial charge is 0.462 e. The summed E-state index contributed by atoms with van der Waals surface area (Å²) in [5.74, 6) is -2.13. The molecular formula is C70H136O17P2. The molecule has 0 aliphatic carbocycles. The first-order valence-corrected chi connectivity index (χ1v) is 39.8. The fraction of sp³-hybridized carbons (Fsp3) is 0.943. The quantitative estimate of drug-likeness (QED) is 0.0222. The first-order chi connectivity index (χ1) is 43.2. The Morgan fingerprint density at radius 3 is 0.663 bits per heavy atom. The normalized spacial score (nSPS) is 14.0. The molecule has 5 atom stereocenters. The van der Waals surface area contributed by atoms with Crippen molar-refractivity contribution in [3.05, 3.63) is 0 Å². The molecule has 0 heterocycles. The maximum absolute atomic E-state index is 13.0. The first kappa shape index (κ1) is 87.1. The second kappa shape index (κ2) is 64.8. The van der Waals surface area contributed by atoms with E-state index in [1.165, 1.54) is 186 Å². The van der Waals surface area contributed by atoms with Gasteiger partial charge in [-0.05, 0) is 25.7 Å². The zero-order chi connectivity index (χ0) is 65.4. The number of esters is 4. The van der Waals surface area contributed by atoms with Crippen molar-refractivity contribution in [1.29, 1.82) is 0 Å². The van der Waals surface area contributed by atoms with Crippen molar-refractivity contribution in [2.45, 2.75) is 386 Å². The van der Waals surface area contributed by atoms with Crippen molar-refractivity contribution in [3.8, 4) is 0 Å². The van der Waals surface area contributed by atoms with Gasteiger partial charge in [-0.2, -0.15) is 0 Å². The molecule has 2 unspecified atom stereocenters. The molecule has 0 bridgehead atoms. The molecule has 3 N–H and O–H groups in total. The number of aliphatic hydroxyl groups is 1. The molecule has 89 heavy (non-hydrogen) atoms. The molecule has 0 aromatic carbocycles. The zero-order valence-electron chi connectivity index (χ0n) is 57.4. The maximum atomic E-state index is 13.0. The highest BCUT2D eigenvalue weighted by molar-refractivity contribution is 7.47. The third-order valence-corrected chi connectivity index (χ3v) is 18.3. The number of phosphoric acid groups is 2. The predicted molar refractivity (Wildman–Crippen MR) is 359 cm³/mol. The Morgan fingerprint density at radius 2 is 0.449 bits per heavy atom. The predicted octanol–water partition coefficient (Wildman–Crippen LogP) is 20.3. The highest BCUT2D eigenvalue weighted by atomic mass is 31.2. The third-order valence-electron chi connectivity index (χ3n) is 16.4. The van der Waals surface area contributed by atoms with Gasteiger partial charge in [0.15, 0.2) is 12.2 Å². The number of ether oxygens (including phenoxy) is 4. The molecule has 0 spiro atoms. The number of hydrogen-bond acceptors (Lipinski definition) is 15. The van der Waals surface area contributed by atoms with E-state index in [0.717, 1.165) is 103 Å². The van der Waals surface area contributed by atoms with Gasteiger partial charge in [0.2, 0.25) is 0 Å². The van der Waals surface area contributed by atoms with E-state index >= 15 is 0 Å². The van der Waals surface area contributed by atoms with Gasteiger partial charge in [0.1, 0.15) is 19.3 Å². The Balaban J connectivity index is 5.14. The maximum Gasteiger partial charge on any atom is 0.472 e. The van der Waals surface area contributed by atoms with Crippen LogP contribution in [0.1, 0.15) is 368 Å². The summed E-state index contributed by atoms with van der Waals surface area (Å²) in [7, 11) is -9.89. The SMILES string of the molecule is CCCCCCCCCCCCCCCCCCCCCCC(=O)O[C@H](COC(=O)CCCCCCCCCCCCCCC)COP(=O)(O)OC[C@@H](O)COP(=O)(O)OC[C@@H](COC(=O)CCCCCCCCC)OC(=O)CCCCCCCCCCC. The summed E-state index contributed by atoms with van der Waals surface area (Å²) in [4.78, 5) is 72.3. The fourth-order valence-corrected chi connectivity index (χ4v) is 12.3. The highest BCUT2D eigenvalue weighted by Crippen LogP contribution is 2.45. The van der Waals surface area contributed by atoms with E-state index in [-0.39, 0.29) is 25.7 Å². The molecule has 0 saturated heterocycles. The number of carbonyl (C=O) groups is 4. The van der Waals surface area contributed by atoms with Gasteiger partial charge in [-0.15, -0.1) is 0 Å². The monoisotopic (exact) mass is 1310 g/mol. The van der Waals surface area contributed by atoms with Crippen LogP contribution in [0.4, 0.5) is 0 Å². The van der Waals surface area contributed by atoms with Crippen LogP contribution in [0.3, 0.4) is 0 Å². The minimum absolute atomic E-state index is 0.106. The molecule has 0 saturated carbocycles. The van der Waals surface area contributed by atoms with Crippen molar-refractivity contribution in [2.24, 2.45) is 0 Å². The zero-order valence-corrected chi connectivity index (χ0v) is 59.2. The van der Waals surface area contributed by atoms with Crippen LogP contribution in [-0.4, -0.2) is 96.7 Å². The summed E-state index contributed by atoms with van der Waals surface area (Å²) in [6.07, 6.45) is 52.9. The van der Waals surface area contributed by atoms with E-state index in [4.69, 9.17) is 37.0 Å². The third kappa shape index (κ3) is 64.6. The van der Waals surface area contributed by atoms with Gasteiger partial charge < -0.3 is 33.8 Å². The molecule has 17 nitrogen and oxygen atoms in total. The van der Waals surface area contributed by atoms with Crippen LogP contribution in [0, 0.1) is 0 Å². The summed E-state index contributed by atoms with van der Waals surface area (Å²) >= 11 is 0. The Bertz CT molecular complexity index is 1710. The lowest BCUT2D eigenvalue weighted by Crippen LogP contribution is -2.30. The number of phosphoric ester groups is 2. The molecule has 0 amide bonds. The van der Waals surface area contributed by atoms with Gasteiger partial charge >= 0.3 is 39.5 Å². The van der Waals surface area contributed by atoms with Crippen molar-refractivity contribution < 1.29 is 80.2 Å². The summed E-state index contributed by atoms with van der Waals surface area (Å²) < 4.78 is 68.1. The molecule has 0 fully saturated rings. The minimum atomic E-state index is -4.95. The summed E-state index contributed by atoms with van der Waals surface area (Å²) in [6.45, 7) is 4.88. The average molecular weight is 1310 g/mol. The lowest BCUT2D eigenvalue weighted by Gasteiger charge is -2.21. The number of carbonyl (C=O) groups excluding carboxylic acids is 4. The van der Waals surface area contributed by atoms with Crippen molar-refractivity contribution in [1.82, 2.24) is 0 Å². The standard InChI is InChI=1S/C70H136O17P2/c1-5-9-13-17-21-24-26-28-29-30-31-32-33-34-36-38-41-45-49-53-57-70(75)87-66(61-81-68(73)55-51-47-43-40-37-35-27-25-22-18-14-10-6-2)63-85-89(78,79)83-59-64(71)58-82-88(76,77)84-62-65(60-80-67(72)54-50-46-42-20-16-12-8-4)86-69(74)56-52-48-44-39-23-19-15-11-7-3/h64-66,71H,5-63H2,1-4H3,(H,76,77)(H,78,79)/t64-,65+,66+/m0/s1. The van der Waals surface area contributed by atoms with Crippen molar-refractivity contribution in [3.63, 3.8) is 0 Å². The molecule has 0 aromatic rings. The van der Waals surface area contributed by atoms with E-state index in [2.05, 4.69) is 27.7 Å². The van der Waals surface area contributed by atoms with Crippen LogP contribution in [0.5, 0.6) is 0 Å². The van der Waals surface area contributed by atoms with E-state index in [9.17, 15) is 43.2 Å². The molecule has 0 rings (SSSR count). The Morgan fingerprint density at radius 1 is 0.270 bits per heavy atom. The Kier molecular flexibility index (Phi) is 63.3. The molecule has 0 aliphatic heterocycles. The van der Waals surface area contributed by atoms with Gasteiger partial charge in [0.05, 0.1) is 26.4 Å². The molecule has 19 heteroatoms. The van der Waals surface area contributed by atoms with E-state index in [1.54, 1.807) is 0 Å². The van der Waals surface area contributed by atoms with Crippen molar-refractivity contribution in [2.75, 3.05) is 39.6 Å². The van der Waals surface area contributed by atoms with Gasteiger partial charge in [-0.25, -0.2) is 9.13 Å². The number of rotatable bonds is 71. The van der Waals surface area contributed by atoms with Gasteiger partial charge in [0, 0.05) is 25.7 Å². The Labute approximate surface area is 543 Å². The van der Waals surface area contributed by atoms with E-state index in [1.807, 2.05) is 0 Å². The van der Waals surface area contributed by atoms with E-state index in [0.29, 0.717) is 25.7 Å². The number of aliphatic hydroxyl groups excluding tert-OH is 1. The molecule has 0 aliphatic rings. The van der Waals surface area contributed by atoms with Gasteiger partial charge in [-0.1, -0.05) is 317 Å². The average Bonchev–Trinajstić information content (AvgIpc) is 3.61. The molecule has 0 radical (unpaired) electrons. The fourth-order valence-electron chi connectivity index (χ4n) is 10.7. The Hall–Kier alpha value is -1.94. The summed E-state index contributed by atoms with van der Waals surface area (Å²) in [5, 5.41) is 10.6. The van der Waals surface area contributed by atoms with Crippen LogP contribution in [-0.2, 0) is 65.4 Å².